The van der Waals surface area contributed by atoms with Crippen LogP contribution >= 0.6 is 0 Å². The Labute approximate surface area is 120 Å². The molecule has 1 aliphatic rings. The first-order valence-electron chi connectivity index (χ1n) is 6.70. The number of rotatable bonds is 3. The predicted octanol–water partition coefficient (Wildman–Crippen LogP) is 1.55. The van der Waals surface area contributed by atoms with Gasteiger partial charge in [-0.25, -0.2) is 19.2 Å². The van der Waals surface area contributed by atoms with Crippen LogP contribution in [-0.2, 0) is 19.4 Å². The van der Waals surface area contributed by atoms with Gasteiger partial charge in [0.25, 0.3) is 0 Å². The molecule has 0 spiro atoms. The third kappa shape index (κ3) is 2.90. The van der Waals surface area contributed by atoms with Gasteiger partial charge < -0.3 is 10.4 Å². The highest BCUT2D eigenvalue weighted by molar-refractivity contribution is 5.87. The molecule has 1 aromatic heterocycles. The molecule has 5 nitrogen and oxygen atoms in total. The van der Waals surface area contributed by atoms with Crippen LogP contribution < -0.4 is 5.32 Å². The van der Waals surface area contributed by atoms with Crippen LogP contribution in [0, 0.1) is 5.82 Å². The van der Waals surface area contributed by atoms with Gasteiger partial charge in [-0.05, 0) is 17.7 Å². The average Bonchev–Trinajstić information content (AvgIpc) is 2.48. The number of fused-ring (bicyclic) bond motifs is 1. The van der Waals surface area contributed by atoms with Crippen molar-refractivity contribution in [2.45, 2.75) is 19.4 Å². The lowest BCUT2D eigenvalue weighted by atomic mass is 10.0. The standard InChI is InChI=1S/C15H14FN3O2/c16-10-3-1-9(2-4-10)7-13-18-12-5-6-17-8-11(12)14(19-13)15(20)21/h1-4,17H,5-8H2,(H,20,21). The minimum atomic E-state index is -1.04. The van der Waals surface area contributed by atoms with E-state index in [-0.39, 0.29) is 11.5 Å². The van der Waals surface area contributed by atoms with E-state index in [0.29, 0.717) is 30.8 Å². The molecule has 0 fully saturated rings. The molecule has 0 aliphatic carbocycles. The molecule has 0 amide bonds. The van der Waals surface area contributed by atoms with Gasteiger partial charge in [-0.2, -0.15) is 0 Å². The lowest BCUT2D eigenvalue weighted by molar-refractivity contribution is 0.0688. The fourth-order valence-corrected chi connectivity index (χ4v) is 2.43. The van der Waals surface area contributed by atoms with Crippen molar-refractivity contribution in [2.24, 2.45) is 0 Å². The molecule has 2 aromatic rings. The van der Waals surface area contributed by atoms with Crippen molar-refractivity contribution in [3.63, 3.8) is 0 Å². The normalized spacial score (nSPS) is 13.8. The van der Waals surface area contributed by atoms with E-state index >= 15 is 0 Å². The van der Waals surface area contributed by atoms with Crippen molar-refractivity contribution in [2.75, 3.05) is 6.54 Å². The molecule has 3 rings (SSSR count). The summed E-state index contributed by atoms with van der Waals surface area (Å²) >= 11 is 0. The van der Waals surface area contributed by atoms with Crippen LogP contribution in [0.25, 0.3) is 0 Å². The number of aromatic nitrogens is 2. The molecular formula is C15H14FN3O2. The Balaban J connectivity index is 1.97. The monoisotopic (exact) mass is 287 g/mol. The maximum atomic E-state index is 12.9. The number of aromatic carboxylic acids is 1. The number of hydrogen-bond donors (Lipinski definition) is 2. The number of nitrogens with one attached hydrogen (secondary N) is 1. The molecule has 108 valence electrons. The van der Waals surface area contributed by atoms with Crippen molar-refractivity contribution in [3.8, 4) is 0 Å². The molecule has 1 aromatic carbocycles. The first-order valence-corrected chi connectivity index (χ1v) is 6.70. The van der Waals surface area contributed by atoms with Crippen molar-refractivity contribution in [3.05, 3.63) is 58.4 Å². The van der Waals surface area contributed by atoms with E-state index in [4.69, 9.17) is 0 Å². The Morgan fingerprint density at radius 1 is 1.29 bits per heavy atom. The molecule has 0 unspecified atom stereocenters. The number of halogens is 1. The first kappa shape index (κ1) is 13.6. The molecule has 0 saturated heterocycles. The Hall–Kier alpha value is -2.34. The third-order valence-electron chi connectivity index (χ3n) is 3.46. The summed E-state index contributed by atoms with van der Waals surface area (Å²) in [5.41, 5.74) is 2.36. The summed E-state index contributed by atoms with van der Waals surface area (Å²) in [6, 6.07) is 6.05. The van der Waals surface area contributed by atoms with Crippen LogP contribution in [0.1, 0.15) is 33.1 Å². The van der Waals surface area contributed by atoms with E-state index < -0.39 is 5.97 Å². The fourth-order valence-electron chi connectivity index (χ4n) is 2.43. The SMILES string of the molecule is O=C(O)c1nc(Cc2ccc(F)cc2)nc2c1CNCC2. The first-order chi connectivity index (χ1) is 10.1. The molecule has 21 heavy (non-hydrogen) atoms. The summed E-state index contributed by atoms with van der Waals surface area (Å²) in [6.07, 6.45) is 1.08. The quantitative estimate of drug-likeness (QED) is 0.896. The van der Waals surface area contributed by atoms with Gasteiger partial charge in [-0.1, -0.05) is 12.1 Å². The molecule has 0 saturated carbocycles. The zero-order valence-electron chi connectivity index (χ0n) is 11.3. The van der Waals surface area contributed by atoms with E-state index in [1.54, 1.807) is 12.1 Å². The van der Waals surface area contributed by atoms with Crippen LogP contribution in [0.4, 0.5) is 4.39 Å². The highest BCUT2D eigenvalue weighted by Gasteiger charge is 2.21. The summed E-state index contributed by atoms with van der Waals surface area (Å²) in [7, 11) is 0. The summed E-state index contributed by atoms with van der Waals surface area (Å²) in [5.74, 6) is -0.889. The fraction of sp³-hybridized carbons (Fsp3) is 0.267. The number of carbonyl (C=O) groups is 1. The highest BCUT2D eigenvalue weighted by atomic mass is 19.1. The molecule has 2 N–H and O–H groups in total. The molecule has 0 radical (unpaired) electrons. The number of benzene rings is 1. The third-order valence-corrected chi connectivity index (χ3v) is 3.46. The minimum absolute atomic E-state index is 0.0595. The number of carboxylic acid groups (broad SMARTS) is 1. The molecule has 1 aliphatic heterocycles. The van der Waals surface area contributed by atoms with Crippen LogP contribution in [-0.4, -0.2) is 27.6 Å². The minimum Gasteiger partial charge on any atom is -0.476 e. The smallest absolute Gasteiger partial charge is 0.354 e. The maximum absolute atomic E-state index is 12.9. The second kappa shape index (κ2) is 5.57. The second-order valence-corrected chi connectivity index (χ2v) is 4.95. The van der Waals surface area contributed by atoms with Gasteiger partial charge in [-0.15, -0.1) is 0 Å². The van der Waals surface area contributed by atoms with Gasteiger partial charge in [0.05, 0.1) is 5.69 Å². The summed E-state index contributed by atoms with van der Waals surface area (Å²) in [5, 5.41) is 12.4. The van der Waals surface area contributed by atoms with Gasteiger partial charge >= 0.3 is 5.97 Å². The molecular weight excluding hydrogens is 273 g/mol. The molecule has 0 bridgehead atoms. The number of carboxylic acids is 1. The van der Waals surface area contributed by atoms with Crippen molar-refractivity contribution in [1.82, 2.24) is 15.3 Å². The van der Waals surface area contributed by atoms with E-state index in [9.17, 15) is 14.3 Å². The van der Waals surface area contributed by atoms with Crippen LogP contribution in [0.2, 0.25) is 0 Å². The van der Waals surface area contributed by atoms with Crippen LogP contribution in [0.3, 0.4) is 0 Å². The van der Waals surface area contributed by atoms with E-state index in [2.05, 4.69) is 15.3 Å². The number of nitrogens with zero attached hydrogens (tertiary/aromatic N) is 2. The van der Waals surface area contributed by atoms with Gasteiger partial charge in [0.1, 0.15) is 11.6 Å². The van der Waals surface area contributed by atoms with Gasteiger partial charge in [0.2, 0.25) is 0 Å². The zero-order valence-corrected chi connectivity index (χ0v) is 11.3. The van der Waals surface area contributed by atoms with E-state index in [1.807, 2.05) is 0 Å². The van der Waals surface area contributed by atoms with E-state index in [1.165, 1.54) is 12.1 Å². The zero-order chi connectivity index (χ0) is 14.8. The van der Waals surface area contributed by atoms with Gasteiger partial charge in [0.15, 0.2) is 5.69 Å². The Bertz CT molecular complexity index is 686. The van der Waals surface area contributed by atoms with Crippen molar-refractivity contribution < 1.29 is 14.3 Å². The number of hydrogen-bond acceptors (Lipinski definition) is 4. The Kier molecular flexibility index (Phi) is 3.62. The molecule has 0 atom stereocenters. The van der Waals surface area contributed by atoms with E-state index in [0.717, 1.165) is 17.8 Å². The molecule has 6 heteroatoms. The van der Waals surface area contributed by atoms with Crippen LogP contribution in [0.5, 0.6) is 0 Å². The van der Waals surface area contributed by atoms with Crippen LogP contribution in [0.15, 0.2) is 24.3 Å². The Morgan fingerprint density at radius 2 is 2.05 bits per heavy atom. The second-order valence-electron chi connectivity index (χ2n) is 4.95. The summed E-state index contributed by atoms with van der Waals surface area (Å²) in [4.78, 5) is 20.0. The lowest BCUT2D eigenvalue weighted by Gasteiger charge is -2.18. The van der Waals surface area contributed by atoms with Gasteiger partial charge in [-0.3, -0.25) is 0 Å². The predicted molar refractivity (Wildman–Crippen MR) is 73.6 cm³/mol. The molecule has 2 heterocycles. The topological polar surface area (TPSA) is 75.1 Å². The summed E-state index contributed by atoms with van der Waals surface area (Å²) in [6.45, 7) is 1.26. The average molecular weight is 287 g/mol. The van der Waals surface area contributed by atoms with Gasteiger partial charge in [0, 0.05) is 31.5 Å². The lowest BCUT2D eigenvalue weighted by Crippen LogP contribution is -2.28. The van der Waals surface area contributed by atoms with Crippen molar-refractivity contribution in [1.29, 1.82) is 0 Å². The maximum Gasteiger partial charge on any atom is 0.354 e. The van der Waals surface area contributed by atoms with Crippen molar-refractivity contribution >= 4 is 5.97 Å². The largest absolute Gasteiger partial charge is 0.476 e. The Morgan fingerprint density at radius 3 is 2.76 bits per heavy atom. The summed E-state index contributed by atoms with van der Waals surface area (Å²) < 4.78 is 12.9. The highest BCUT2D eigenvalue weighted by Crippen LogP contribution is 2.17.